The van der Waals surface area contributed by atoms with Gasteiger partial charge in [-0.05, 0) is 17.7 Å². The van der Waals surface area contributed by atoms with Crippen LogP contribution in [0.4, 0.5) is 14.5 Å². The fourth-order valence-corrected chi connectivity index (χ4v) is 1.87. The molecule has 2 aromatic rings. The van der Waals surface area contributed by atoms with Gasteiger partial charge in [-0.15, -0.1) is 6.58 Å². The van der Waals surface area contributed by atoms with E-state index in [1.54, 1.807) is 12.1 Å². The zero-order valence-electron chi connectivity index (χ0n) is 11.8. The molecule has 0 spiro atoms. The molecule has 0 aliphatic heterocycles. The molecule has 1 amide bonds. The van der Waals surface area contributed by atoms with Gasteiger partial charge in [-0.2, -0.15) is 5.06 Å². The first-order valence-corrected chi connectivity index (χ1v) is 6.67. The number of rotatable bonds is 6. The van der Waals surface area contributed by atoms with Gasteiger partial charge in [0.1, 0.15) is 0 Å². The zero-order valence-corrected chi connectivity index (χ0v) is 11.8. The Labute approximate surface area is 127 Å². The normalized spacial score (nSPS) is 10.3. The SMILES string of the molecule is C=CCON(C(=O)Cc1ccccc1)c1ccc(F)c(F)c1. The molecule has 0 radical (unpaired) electrons. The summed E-state index contributed by atoms with van der Waals surface area (Å²) in [6.07, 6.45) is 1.54. The van der Waals surface area contributed by atoms with E-state index in [1.807, 2.05) is 18.2 Å². The fourth-order valence-electron chi connectivity index (χ4n) is 1.87. The highest BCUT2D eigenvalue weighted by Gasteiger charge is 2.18. The van der Waals surface area contributed by atoms with Gasteiger partial charge in [-0.1, -0.05) is 36.4 Å². The average molecular weight is 303 g/mol. The average Bonchev–Trinajstić information content (AvgIpc) is 2.52. The second-order valence-corrected chi connectivity index (χ2v) is 4.53. The molecule has 0 atom stereocenters. The molecule has 22 heavy (non-hydrogen) atoms. The van der Waals surface area contributed by atoms with Crippen molar-refractivity contribution in [2.45, 2.75) is 6.42 Å². The molecule has 0 aromatic heterocycles. The van der Waals surface area contributed by atoms with Crippen molar-refractivity contribution in [3.05, 3.63) is 78.4 Å². The minimum atomic E-state index is -1.04. The molecule has 0 aliphatic rings. The number of benzene rings is 2. The van der Waals surface area contributed by atoms with Gasteiger partial charge in [-0.3, -0.25) is 9.63 Å². The highest BCUT2D eigenvalue weighted by Crippen LogP contribution is 2.19. The Balaban J connectivity index is 2.22. The van der Waals surface area contributed by atoms with Gasteiger partial charge in [0.25, 0.3) is 5.91 Å². The summed E-state index contributed by atoms with van der Waals surface area (Å²) in [5.41, 5.74) is 0.920. The first-order valence-electron chi connectivity index (χ1n) is 6.67. The van der Waals surface area contributed by atoms with E-state index in [2.05, 4.69) is 6.58 Å². The molecule has 0 heterocycles. The van der Waals surface area contributed by atoms with Gasteiger partial charge in [-0.25, -0.2) is 8.78 Å². The van der Waals surface area contributed by atoms with Crippen LogP contribution in [0.2, 0.25) is 0 Å². The van der Waals surface area contributed by atoms with Crippen LogP contribution in [0, 0.1) is 11.6 Å². The van der Waals surface area contributed by atoms with Crippen LogP contribution in [0.1, 0.15) is 5.56 Å². The van der Waals surface area contributed by atoms with Crippen LogP contribution in [0.15, 0.2) is 61.2 Å². The van der Waals surface area contributed by atoms with Gasteiger partial charge < -0.3 is 0 Å². The van der Waals surface area contributed by atoms with E-state index in [0.29, 0.717) is 0 Å². The predicted molar refractivity (Wildman–Crippen MR) is 80.1 cm³/mol. The summed E-state index contributed by atoms with van der Waals surface area (Å²) in [5.74, 6) is -2.42. The lowest BCUT2D eigenvalue weighted by atomic mass is 10.1. The van der Waals surface area contributed by atoms with E-state index < -0.39 is 11.6 Å². The number of anilines is 1. The van der Waals surface area contributed by atoms with Gasteiger partial charge in [0.05, 0.1) is 18.7 Å². The summed E-state index contributed by atoms with van der Waals surface area (Å²) >= 11 is 0. The summed E-state index contributed by atoms with van der Waals surface area (Å²) in [6, 6.07) is 12.2. The molecule has 0 N–H and O–H groups in total. The molecule has 0 unspecified atom stereocenters. The van der Waals surface area contributed by atoms with Crippen molar-refractivity contribution in [1.29, 1.82) is 0 Å². The van der Waals surface area contributed by atoms with E-state index in [0.717, 1.165) is 22.8 Å². The molecular formula is C17H15F2NO2. The van der Waals surface area contributed by atoms with E-state index >= 15 is 0 Å². The molecular weight excluding hydrogens is 288 g/mol. The molecule has 0 fully saturated rings. The first-order chi connectivity index (χ1) is 10.6. The van der Waals surface area contributed by atoms with Crippen molar-refractivity contribution in [2.24, 2.45) is 0 Å². The lowest BCUT2D eigenvalue weighted by Crippen LogP contribution is -2.32. The minimum Gasteiger partial charge on any atom is -0.272 e. The molecule has 2 rings (SSSR count). The van der Waals surface area contributed by atoms with Gasteiger partial charge in [0.15, 0.2) is 11.6 Å². The molecule has 3 nitrogen and oxygen atoms in total. The number of nitrogens with zero attached hydrogens (tertiary/aromatic N) is 1. The Morgan fingerprint density at radius 3 is 2.50 bits per heavy atom. The topological polar surface area (TPSA) is 29.5 Å². The number of hydrogen-bond donors (Lipinski definition) is 0. The van der Waals surface area contributed by atoms with Crippen molar-refractivity contribution in [3.63, 3.8) is 0 Å². The Morgan fingerprint density at radius 2 is 1.86 bits per heavy atom. The third-order valence-electron chi connectivity index (χ3n) is 2.88. The Hall–Kier alpha value is -2.53. The number of halogens is 2. The van der Waals surface area contributed by atoms with Crippen LogP contribution in [0.25, 0.3) is 0 Å². The summed E-state index contributed by atoms with van der Waals surface area (Å²) in [7, 11) is 0. The van der Waals surface area contributed by atoms with Crippen LogP contribution in [0.3, 0.4) is 0 Å². The van der Waals surface area contributed by atoms with Crippen molar-refractivity contribution < 1.29 is 18.4 Å². The Kier molecular flexibility index (Phi) is 5.38. The maximum Gasteiger partial charge on any atom is 0.255 e. The number of carbonyl (C=O) groups excluding carboxylic acids is 1. The van der Waals surface area contributed by atoms with Gasteiger partial charge >= 0.3 is 0 Å². The maximum atomic E-state index is 13.4. The van der Waals surface area contributed by atoms with Crippen molar-refractivity contribution >= 4 is 11.6 Å². The van der Waals surface area contributed by atoms with Gasteiger partial charge in [0.2, 0.25) is 0 Å². The summed E-state index contributed by atoms with van der Waals surface area (Å²) in [4.78, 5) is 17.6. The number of hydrogen-bond acceptors (Lipinski definition) is 2. The van der Waals surface area contributed by atoms with Crippen LogP contribution in [-0.2, 0) is 16.1 Å². The second kappa shape index (κ2) is 7.47. The quantitative estimate of drug-likeness (QED) is 0.602. The van der Waals surface area contributed by atoms with E-state index in [9.17, 15) is 13.6 Å². The largest absolute Gasteiger partial charge is 0.272 e. The summed E-state index contributed by atoms with van der Waals surface area (Å²) in [6.45, 7) is 3.57. The highest BCUT2D eigenvalue weighted by atomic mass is 19.2. The summed E-state index contributed by atoms with van der Waals surface area (Å²) < 4.78 is 26.4. The summed E-state index contributed by atoms with van der Waals surface area (Å²) in [5, 5.41) is 0.956. The lowest BCUT2D eigenvalue weighted by molar-refractivity contribution is -0.124. The van der Waals surface area contributed by atoms with Crippen molar-refractivity contribution in [2.75, 3.05) is 11.7 Å². The Morgan fingerprint density at radius 1 is 1.14 bits per heavy atom. The minimum absolute atomic E-state index is 0.0690. The highest BCUT2D eigenvalue weighted by molar-refractivity contribution is 5.92. The predicted octanol–water partition coefficient (Wildman–Crippen LogP) is 3.66. The van der Waals surface area contributed by atoms with Crippen LogP contribution < -0.4 is 5.06 Å². The lowest BCUT2D eigenvalue weighted by Gasteiger charge is -2.21. The van der Waals surface area contributed by atoms with Crippen LogP contribution in [-0.4, -0.2) is 12.5 Å². The third-order valence-corrected chi connectivity index (χ3v) is 2.88. The molecule has 2 aromatic carbocycles. The number of amides is 1. The van der Waals surface area contributed by atoms with Crippen molar-refractivity contribution in [3.8, 4) is 0 Å². The standard InChI is InChI=1S/C17H15F2NO2/c1-2-10-22-20(14-8-9-15(18)16(19)12-14)17(21)11-13-6-4-3-5-7-13/h2-9,12H,1,10-11H2. The third kappa shape index (κ3) is 3.99. The van der Waals surface area contributed by atoms with Gasteiger partial charge in [0, 0.05) is 6.07 Å². The van der Waals surface area contributed by atoms with E-state index in [-0.39, 0.29) is 24.6 Å². The molecule has 0 saturated heterocycles. The molecule has 0 aliphatic carbocycles. The first kappa shape index (κ1) is 15.9. The van der Waals surface area contributed by atoms with Crippen molar-refractivity contribution in [1.82, 2.24) is 0 Å². The number of hydroxylamine groups is 1. The van der Waals surface area contributed by atoms with E-state index in [1.165, 1.54) is 12.1 Å². The Bertz CT molecular complexity index is 659. The molecule has 5 heteroatoms. The number of carbonyl (C=O) groups is 1. The maximum absolute atomic E-state index is 13.4. The van der Waals surface area contributed by atoms with Crippen LogP contribution in [0.5, 0.6) is 0 Å². The molecule has 114 valence electrons. The second-order valence-electron chi connectivity index (χ2n) is 4.53. The fraction of sp³-hybridized carbons (Fsp3) is 0.118. The molecule has 0 saturated carbocycles. The zero-order chi connectivity index (χ0) is 15.9. The van der Waals surface area contributed by atoms with E-state index in [4.69, 9.17) is 4.84 Å². The van der Waals surface area contributed by atoms with Crippen LogP contribution >= 0.6 is 0 Å². The smallest absolute Gasteiger partial charge is 0.255 e. The molecule has 0 bridgehead atoms. The monoisotopic (exact) mass is 303 g/mol.